The highest BCUT2D eigenvalue weighted by molar-refractivity contribution is 7.09. The number of nitrogens with zero attached hydrogens (tertiary/aromatic N) is 1. The van der Waals surface area contributed by atoms with Crippen molar-refractivity contribution in [2.24, 2.45) is 0 Å². The summed E-state index contributed by atoms with van der Waals surface area (Å²) in [6, 6.07) is 3.32. The highest BCUT2D eigenvalue weighted by Crippen LogP contribution is 2.19. The zero-order valence-electron chi connectivity index (χ0n) is 10.0. The fourth-order valence-corrected chi connectivity index (χ4v) is 2.19. The lowest BCUT2D eigenvalue weighted by molar-refractivity contribution is 0.102. The quantitative estimate of drug-likeness (QED) is 0.903. The van der Waals surface area contributed by atoms with Crippen LogP contribution in [0.2, 0.25) is 0 Å². The predicted octanol–water partition coefficient (Wildman–Crippen LogP) is 2.39. The van der Waals surface area contributed by atoms with Crippen LogP contribution in [0, 0.1) is 5.82 Å². The van der Waals surface area contributed by atoms with Crippen molar-refractivity contribution in [2.45, 2.75) is 6.61 Å². The molecule has 1 aromatic heterocycles. The summed E-state index contributed by atoms with van der Waals surface area (Å²) in [5.41, 5.74) is 0.393. The van der Waals surface area contributed by atoms with E-state index >= 15 is 0 Å². The van der Waals surface area contributed by atoms with Crippen LogP contribution in [0.4, 0.5) is 10.1 Å². The molecule has 0 unspecified atom stereocenters. The van der Waals surface area contributed by atoms with Crippen LogP contribution >= 0.6 is 11.3 Å². The molecule has 0 radical (unpaired) electrons. The molecule has 0 aliphatic heterocycles. The number of nitrogens with one attached hydrogen (secondary N) is 1. The Kier molecular flexibility index (Phi) is 4.08. The van der Waals surface area contributed by atoms with E-state index in [9.17, 15) is 14.3 Å². The molecule has 1 heterocycles. The molecule has 100 valence electrons. The molecule has 2 N–H and O–H groups in total. The third-order valence-electron chi connectivity index (χ3n) is 2.19. The number of rotatable bonds is 4. The van der Waals surface area contributed by atoms with E-state index in [1.54, 1.807) is 5.38 Å². The van der Waals surface area contributed by atoms with Gasteiger partial charge in [-0.05, 0) is 6.07 Å². The minimum absolute atomic E-state index is 0.170. The van der Waals surface area contributed by atoms with Gasteiger partial charge in [-0.1, -0.05) is 0 Å². The normalized spacial score (nSPS) is 10.4. The molecule has 0 saturated heterocycles. The third-order valence-corrected chi connectivity index (χ3v) is 3.01. The van der Waals surface area contributed by atoms with Crippen molar-refractivity contribution in [2.75, 3.05) is 12.4 Å². The molecule has 7 heteroatoms. The highest BCUT2D eigenvalue weighted by Gasteiger charge is 2.11. The van der Waals surface area contributed by atoms with Crippen LogP contribution in [-0.2, 0) is 11.3 Å². The summed E-state index contributed by atoms with van der Waals surface area (Å²) in [6.07, 6.45) is 0. The molecular formula is C12H11FN2O3S. The van der Waals surface area contributed by atoms with Gasteiger partial charge in [-0.3, -0.25) is 4.79 Å². The van der Waals surface area contributed by atoms with E-state index < -0.39 is 11.7 Å². The molecule has 0 atom stereocenters. The fraction of sp³-hybridized carbons (Fsp3) is 0.167. The first-order valence-electron chi connectivity index (χ1n) is 5.32. The minimum Gasteiger partial charge on any atom is -0.508 e. The highest BCUT2D eigenvalue weighted by atomic mass is 32.1. The molecule has 0 aliphatic carbocycles. The van der Waals surface area contributed by atoms with Gasteiger partial charge in [0.15, 0.2) is 0 Å². The summed E-state index contributed by atoms with van der Waals surface area (Å²) in [5, 5.41) is 14.0. The number of benzene rings is 1. The number of amides is 1. The second-order valence-electron chi connectivity index (χ2n) is 3.71. The van der Waals surface area contributed by atoms with Crippen LogP contribution in [0.1, 0.15) is 15.5 Å². The summed E-state index contributed by atoms with van der Waals surface area (Å²) in [4.78, 5) is 15.9. The van der Waals surface area contributed by atoms with Crippen molar-refractivity contribution in [3.63, 3.8) is 0 Å². The van der Waals surface area contributed by atoms with E-state index in [2.05, 4.69) is 10.3 Å². The number of anilines is 1. The van der Waals surface area contributed by atoms with Crippen LogP contribution in [0.5, 0.6) is 5.75 Å². The largest absolute Gasteiger partial charge is 0.508 e. The second-order valence-corrected chi connectivity index (χ2v) is 4.65. The minimum atomic E-state index is -0.631. The molecular weight excluding hydrogens is 271 g/mol. The molecule has 0 fully saturated rings. The lowest BCUT2D eigenvalue weighted by Gasteiger charge is -2.04. The molecule has 0 aliphatic rings. The van der Waals surface area contributed by atoms with Gasteiger partial charge >= 0.3 is 0 Å². The number of hydrogen-bond donors (Lipinski definition) is 2. The van der Waals surface area contributed by atoms with Gasteiger partial charge in [-0.2, -0.15) is 0 Å². The first-order chi connectivity index (χ1) is 9.08. The Morgan fingerprint density at radius 2 is 2.32 bits per heavy atom. The number of thiazole rings is 1. The summed E-state index contributed by atoms with van der Waals surface area (Å²) in [7, 11) is 1.54. The molecule has 1 amide bonds. The Morgan fingerprint density at radius 3 is 3.00 bits per heavy atom. The van der Waals surface area contributed by atoms with Crippen molar-refractivity contribution in [1.29, 1.82) is 0 Å². The monoisotopic (exact) mass is 282 g/mol. The van der Waals surface area contributed by atoms with Gasteiger partial charge in [0.2, 0.25) is 0 Å². The Hall–Kier alpha value is -1.99. The van der Waals surface area contributed by atoms with E-state index in [0.717, 1.165) is 12.1 Å². The van der Waals surface area contributed by atoms with Crippen molar-refractivity contribution in [3.05, 3.63) is 40.1 Å². The maximum atomic E-state index is 13.0. The average Bonchev–Trinajstić information content (AvgIpc) is 2.76. The Balaban J connectivity index is 2.11. The van der Waals surface area contributed by atoms with Gasteiger partial charge in [-0.25, -0.2) is 9.37 Å². The smallest absolute Gasteiger partial charge is 0.275 e. The van der Waals surface area contributed by atoms with Crippen LogP contribution < -0.4 is 5.32 Å². The maximum Gasteiger partial charge on any atom is 0.275 e. The molecule has 0 spiro atoms. The lowest BCUT2D eigenvalue weighted by atomic mass is 10.3. The molecule has 19 heavy (non-hydrogen) atoms. The van der Waals surface area contributed by atoms with Gasteiger partial charge in [0.1, 0.15) is 22.3 Å². The number of ether oxygens (including phenoxy) is 1. The summed E-state index contributed by atoms with van der Waals surface area (Å²) in [6.45, 7) is 0.332. The summed E-state index contributed by atoms with van der Waals surface area (Å²) >= 11 is 1.30. The standard InChI is InChI=1S/C12H11FN2O3S/c1-18-5-11-15-10(6-19-11)12(17)14-8-2-7(13)3-9(16)4-8/h2-4,6,16H,5H2,1H3,(H,14,17). The second kappa shape index (κ2) is 5.77. The zero-order chi connectivity index (χ0) is 13.8. The van der Waals surface area contributed by atoms with Gasteiger partial charge < -0.3 is 15.2 Å². The van der Waals surface area contributed by atoms with E-state index in [0.29, 0.717) is 11.6 Å². The van der Waals surface area contributed by atoms with Gasteiger partial charge in [0.05, 0.1) is 6.61 Å². The van der Waals surface area contributed by atoms with Crippen LogP contribution in [-0.4, -0.2) is 23.1 Å². The van der Waals surface area contributed by atoms with Gasteiger partial charge in [-0.15, -0.1) is 11.3 Å². The van der Waals surface area contributed by atoms with E-state index in [1.165, 1.54) is 24.5 Å². The van der Waals surface area contributed by atoms with Crippen LogP contribution in [0.25, 0.3) is 0 Å². The molecule has 0 bridgehead atoms. The van der Waals surface area contributed by atoms with Gasteiger partial charge in [0, 0.05) is 30.3 Å². The van der Waals surface area contributed by atoms with Crippen molar-refractivity contribution < 1.29 is 19.0 Å². The first-order valence-corrected chi connectivity index (χ1v) is 6.20. The van der Waals surface area contributed by atoms with E-state index in [-0.39, 0.29) is 17.1 Å². The summed E-state index contributed by atoms with van der Waals surface area (Å²) in [5.74, 6) is -1.36. The van der Waals surface area contributed by atoms with E-state index in [1.807, 2.05) is 0 Å². The number of carbonyl (C=O) groups is 1. The number of phenolic OH excluding ortho intramolecular Hbond substituents is 1. The van der Waals surface area contributed by atoms with Crippen molar-refractivity contribution in [1.82, 2.24) is 4.98 Å². The van der Waals surface area contributed by atoms with E-state index in [4.69, 9.17) is 4.74 Å². The lowest BCUT2D eigenvalue weighted by Crippen LogP contribution is -2.12. The first kappa shape index (κ1) is 13.4. The molecule has 2 aromatic rings. The Morgan fingerprint density at radius 1 is 1.53 bits per heavy atom. The zero-order valence-corrected chi connectivity index (χ0v) is 10.8. The number of aromatic hydroxyl groups is 1. The number of halogens is 1. The molecule has 0 saturated carbocycles. The van der Waals surface area contributed by atoms with Gasteiger partial charge in [0.25, 0.3) is 5.91 Å². The average molecular weight is 282 g/mol. The molecule has 5 nitrogen and oxygen atoms in total. The van der Waals surface area contributed by atoms with Crippen LogP contribution in [0.3, 0.4) is 0 Å². The molecule has 2 rings (SSSR count). The number of methoxy groups -OCH3 is 1. The van der Waals surface area contributed by atoms with Crippen molar-refractivity contribution >= 4 is 22.9 Å². The predicted molar refractivity (Wildman–Crippen MR) is 68.8 cm³/mol. The number of phenols is 1. The fourth-order valence-electron chi connectivity index (χ4n) is 1.45. The number of hydrogen-bond acceptors (Lipinski definition) is 5. The van der Waals surface area contributed by atoms with Crippen LogP contribution in [0.15, 0.2) is 23.6 Å². The maximum absolute atomic E-state index is 13.0. The molecule has 1 aromatic carbocycles. The summed E-state index contributed by atoms with van der Waals surface area (Å²) < 4.78 is 17.9. The topological polar surface area (TPSA) is 71.5 Å². The number of carbonyl (C=O) groups excluding carboxylic acids is 1. The SMILES string of the molecule is COCc1nc(C(=O)Nc2cc(O)cc(F)c2)cs1. The Labute approximate surface area is 112 Å². The number of aromatic nitrogens is 1. The van der Waals surface area contributed by atoms with Crippen molar-refractivity contribution in [3.8, 4) is 5.75 Å². The third kappa shape index (κ3) is 3.49. The Bertz CT molecular complexity index is 580.